The minimum Gasteiger partial charge on any atom is -0.378 e. The Bertz CT molecular complexity index is 1210. The van der Waals surface area contributed by atoms with Crippen molar-refractivity contribution in [3.63, 3.8) is 0 Å². The molecular formula is C23H28F2N8O2. The van der Waals surface area contributed by atoms with Crippen LogP contribution in [0.5, 0.6) is 0 Å². The minimum atomic E-state index is -2.80. The van der Waals surface area contributed by atoms with Gasteiger partial charge >= 0.3 is 0 Å². The molecule has 5 rings (SSSR count). The molecule has 12 heteroatoms. The lowest BCUT2D eigenvalue weighted by Gasteiger charge is -2.40. The summed E-state index contributed by atoms with van der Waals surface area (Å²) in [6.45, 7) is 5.90. The number of anilines is 2. The van der Waals surface area contributed by atoms with Gasteiger partial charge in [0.1, 0.15) is 11.6 Å². The SMILES string of the molecule is C[C@H]1CN(c2cc(N3CCOCC3)nc(-n3c(C(F)F)nc4ccccc43)n2)CCN1C(=O)CN. The molecule has 35 heavy (non-hydrogen) atoms. The summed E-state index contributed by atoms with van der Waals surface area (Å²) in [6, 6.07) is 8.77. The van der Waals surface area contributed by atoms with E-state index in [0.29, 0.717) is 68.6 Å². The van der Waals surface area contributed by atoms with Crippen LogP contribution in [0.4, 0.5) is 20.4 Å². The maximum atomic E-state index is 14.0. The van der Waals surface area contributed by atoms with Crippen molar-refractivity contribution in [3.8, 4) is 5.95 Å². The monoisotopic (exact) mass is 486 g/mol. The van der Waals surface area contributed by atoms with Gasteiger partial charge in [0.05, 0.1) is 30.8 Å². The molecule has 0 spiro atoms. The van der Waals surface area contributed by atoms with Gasteiger partial charge in [0, 0.05) is 44.8 Å². The molecule has 2 fully saturated rings. The average molecular weight is 487 g/mol. The van der Waals surface area contributed by atoms with Crippen molar-refractivity contribution in [2.75, 3.05) is 62.3 Å². The smallest absolute Gasteiger partial charge is 0.296 e. The molecule has 2 aromatic heterocycles. The maximum Gasteiger partial charge on any atom is 0.296 e. The van der Waals surface area contributed by atoms with Crippen LogP contribution < -0.4 is 15.5 Å². The van der Waals surface area contributed by atoms with Gasteiger partial charge in [-0.1, -0.05) is 12.1 Å². The van der Waals surface area contributed by atoms with Crippen LogP contribution in [0.2, 0.25) is 0 Å². The summed E-state index contributed by atoms with van der Waals surface area (Å²) in [5, 5.41) is 0. The Kier molecular flexibility index (Phi) is 6.48. The first-order valence-electron chi connectivity index (χ1n) is 11.7. The van der Waals surface area contributed by atoms with Crippen molar-refractivity contribution in [2.24, 2.45) is 5.73 Å². The molecule has 4 heterocycles. The number of hydrogen-bond donors (Lipinski definition) is 1. The molecule has 10 nitrogen and oxygen atoms in total. The zero-order valence-electron chi connectivity index (χ0n) is 19.5. The molecule has 2 aliphatic heterocycles. The van der Waals surface area contributed by atoms with Crippen molar-refractivity contribution in [3.05, 3.63) is 36.2 Å². The summed E-state index contributed by atoms with van der Waals surface area (Å²) in [7, 11) is 0. The van der Waals surface area contributed by atoms with Crippen LogP contribution in [0.25, 0.3) is 17.0 Å². The van der Waals surface area contributed by atoms with E-state index in [4.69, 9.17) is 20.4 Å². The summed E-state index contributed by atoms with van der Waals surface area (Å²) >= 11 is 0. The topological polar surface area (TPSA) is 106 Å². The van der Waals surface area contributed by atoms with Crippen LogP contribution in [0, 0.1) is 0 Å². The van der Waals surface area contributed by atoms with Gasteiger partial charge in [-0.05, 0) is 19.1 Å². The number of carbonyl (C=O) groups is 1. The number of amides is 1. The molecule has 0 unspecified atom stereocenters. The first-order valence-corrected chi connectivity index (χ1v) is 11.7. The summed E-state index contributed by atoms with van der Waals surface area (Å²) in [5.74, 6) is 0.894. The highest BCUT2D eigenvalue weighted by molar-refractivity contribution is 5.79. The number of ether oxygens (including phenoxy) is 1. The second-order valence-corrected chi connectivity index (χ2v) is 8.66. The zero-order valence-corrected chi connectivity index (χ0v) is 19.5. The zero-order chi connectivity index (χ0) is 24.5. The number of hydrogen-bond acceptors (Lipinski definition) is 8. The molecule has 2 saturated heterocycles. The van der Waals surface area contributed by atoms with E-state index in [1.54, 1.807) is 29.2 Å². The lowest BCUT2D eigenvalue weighted by Crippen LogP contribution is -2.55. The van der Waals surface area contributed by atoms with Gasteiger partial charge < -0.3 is 25.2 Å². The molecule has 0 radical (unpaired) electrons. The molecule has 1 amide bonds. The number of benzene rings is 1. The number of nitrogens with two attached hydrogens (primary N) is 1. The number of para-hydroxylation sites is 2. The highest BCUT2D eigenvalue weighted by Crippen LogP contribution is 2.30. The van der Waals surface area contributed by atoms with E-state index in [2.05, 4.69) is 14.8 Å². The van der Waals surface area contributed by atoms with E-state index < -0.39 is 12.2 Å². The number of morpholine rings is 1. The first kappa shape index (κ1) is 23.4. The number of piperazine rings is 1. The van der Waals surface area contributed by atoms with Crippen LogP contribution in [0.15, 0.2) is 30.3 Å². The van der Waals surface area contributed by atoms with E-state index in [1.807, 2.05) is 13.0 Å². The summed E-state index contributed by atoms with van der Waals surface area (Å²) in [4.78, 5) is 31.6. The third-order valence-corrected chi connectivity index (χ3v) is 6.45. The third-order valence-electron chi connectivity index (χ3n) is 6.45. The summed E-state index contributed by atoms with van der Waals surface area (Å²) in [5.41, 5.74) is 6.52. The number of carbonyl (C=O) groups excluding carboxylic acids is 1. The van der Waals surface area contributed by atoms with Gasteiger partial charge in [-0.2, -0.15) is 9.97 Å². The van der Waals surface area contributed by atoms with E-state index in [0.717, 1.165) is 0 Å². The Morgan fingerprint density at radius 1 is 1.09 bits per heavy atom. The standard InChI is InChI=1S/C23H28F2N8O2/c1-15-14-31(6-7-32(15)20(34)13-26)19-12-18(30-8-10-35-11-9-30)28-23(29-19)33-17-5-3-2-4-16(17)27-22(33)21(24)25/h2-5,12,15,21H,6-11,13-14,26H2,1H3/t15-/m0/s1. The Labute approximate surface area is 201 Å². The first-order chi connectivity index (χ1) is 17.0. The highest BCUT2D eigenvalue weighted by atomic mass is 19.3. The Morgan fingerprint density at radius 2 is 1.80 bits per heavy atom. The number of fused-ring (bicyclic) bond motifs is 1. The van der Waals surface area contributed by atoms with Gasteiger partial charge in [0.15, 0.2) is 5.82 Å². The van der Waals surface area contributed by atoms with Gasteiger partial charge in [-0.25, -0.2) is 13.8 Å². The molecule has 0 saturated carbocycles. The third kappa shape index (κ3) is 4.50. The molecule has 3 aromatic rings. The summed E-state index contributed by atoms with van der Waals surface area (Å²) in [6.07, 6.45) is -2.80. The molecule has 1 atom stereocenters. The number of aromatic nitrogens is 4. The van der Waals surface area contributed by atoms with E-state index in [1.165, 1.54) is 4.57 Å². The van der Waals surface area contributed by atoms with Crippen LogP contribution in [0.3, 0.4) is 0 Å². The van der Waals surface area contributed by atoms with Crippen molar-refractivity contribution < 1.29 is 18.3 Å². The Morgan fingerprint density at radius 3 is 2.49 bits per heavy atom. The largest absolute Gasteiger partial charge is 0.378 e. The number of halogens is 2. The normalized spacial score (nSPS) is 19.1. The second kappa shape index (κ2) is 9.70. The molecule has 0 bridgehead atoms. The maximum absolute atomic E-state index is 14.0. The molecule has 1 aromatic carbocycles. The van der Waals surface area contributed by atoms with Crippen LogP contribution in [-0.4, -0.2) is 88.9 Å². The Balaban J connectivity index is 1.59. The molecule has 186 valence electrons. The Hall–Kier alpha value is -3.38. The van der Waals surface area contributed by atoms with E-state index in [9.17, 15) is 13.6 Å². The molecular weight excluding hydrogens is 458 g/mol. The van der Waals surface area contributed by atoms with E-state index in [-0.39, 0.29) is 24.4 Å². The van der Waals surface area contributed by atoms with Gasteiger partial charge in [0.2, 0.25) is 11.9 Å². The fraction of sp³-hybridized carbons (Fsp3) is 0.478. The molecule has 2 aliphatic rings. The van der Waals surface area contributed by atoms with Crippen molar-refractivity contribution >= 4 is 28.6 Å². The van der Waals surface area contributed by atoms with Crippen molar-refractivity contribution in [2.45, 2.75) is 19.4 Å². The predicted octanol–water partition coefficient (Wildman–Crippen LogP) is 1.59. The predicted molar refractivity (Wildman–Crippen MR) is 127 cm³/mol. The number of nitrogens with zero attached hydrogens (tertiary/aromatic N) is 7. The second-order valence-electron chi connectivity index (χ2n) is 8.66. The fourth-order valence-corrected chi connectivity index (χ4v) is 4.68. The van der Waals surface area contributed by atoms with E-state index >= 15 is 0 Å². The minimum absolute atomic E-state index is 0.0344. The number of alkyl halides is 2. The van der Waals surface area contributed by atoms with Gasteiger partial charge in [-0.15, -0.1) is 0 Å². The number of rotatable bonds is 5. The van der Waals surface area contributed by atoms with Crippen molar-refractivity contribution in [1.29, 1.82) is 0 Å². The average Bonchev–Trinajstić information content (AvgIpc) is 3.28. The lowest BCUT2D eigenvalue weighted by atomic mass is 10.2. The molecule has 2 N–H and O–H groups in total. The van der Waals surface area contributed by atoms with Crippen molar-refractivity contribution in [1.82, 2.24) is 24.4 Å². The highest BCUT2D eigenvalue weighted by Gasteiger charge is 2.29. The lowest BCUT2D eigenvalue weighted by molar-refractivity contribution is -0.132. The van der Waals surface area contributed by atoms with Crippen LogP contribution in [0.1, 0.15) is 19.2 Å². The van der Waals surface area contributed by atoms with Gasteiger partial charge in [0.25, 0.3) is 6.43 Å². The van der Waals surface area contributed by atoms with Crippen LogP contribution in [-0.2, 0) is 9.53 Å². The summed E-state index contributed by atoms with van der Waals surface area (Å²) < 4.78 is 34.9. The quantitative estimate of drug-likeness (QED) is 0.580. The van der Waals surface area contributed by atoms with Gasteiger partial charge in [-0.3, -0.25) is 9.36 Å². The van der Waals surface area contributed by atoms with Crippen LogP contribution >= 0.6 is 0 Å². The fourth-order valence-electron chi connectivity index (χ4n) is 4.68. The molecule has 0 aliphatic carbocycles. The number of imidazole rings is 1.